The fraction of sp³-hybridized carbons (Fsp3) is 0.679. The van der Waals surface area contributed by atoms with Crippen molar-refractivity contribution in [3.8, 4) is 0 Å². The molecule has 0 aromatic rings. The van der Waals surface area contributed by atoms with E-state index in [2.05, 4.69) is 6.08 Å². The predicted octanol–water partition coefficient (Wildman–Crippen LogP) is 3.97. The number of carbonyl (C=O) groups is 3. The number of ether oxygens (including phenoxy) is 2. The summed E-state index contributed by atoms with van der Waals surface area (Å²) >= 11 is 0. The van der Waals surface area contributed by atoms with Gasteiger partial charge in [-0.3, -0.25) is 9.59 Å². The molecule has 8 atom stereocenters. The van der Waals surface area contributed by atoms with E-state index in [9.17, 15) is 19.5 Å². The molecule has 2 saturated carbocycles. The molecule has 0 radical (unpaired) electrons. The van der Waals surface area contributed by atoms with E-state index in [0.29, 0.717) is 44.1 Å². The third kappa shape index (κ3) is 2.34. The molecule has 4 aliphatic carbocycles. The van der Waals surface area contributed by atoms with E-state index in [1.54, 1.807) is 13.0 Å². The zero-order chi connectivity index (χ0) is 24.3. The zero-order valence-electron chi connectivity index (χ0n) is 20.5. The van der Waals surface area contributed by atoms with Crippen LogP contribution in [-0.4, -0.2) is 40.1 Å². The first-order valence-electron chi connectivity index (χ1n) is 12.7. The number of ketones is 1. The number of hydrogen-bond donors (Lipinski definition) is 1. The van der Waals surface area contributed by atoms with Crippen molar-refractivity contribution in [1.82, 2.24) is 0 Å². The standard InChI is InChI=1S/C28H34O6/c1-15-14-22(33-23(30)16(15)2)26(4)20-11-13-28(32)19-9-8-17-6-5-7-21(29)25(17,3)18(19)10-12-27(20,28)24(31)34-26/h5,7-8,18-20,22,32H,6,9-14H2,1-4H3/t18-,19+,20+,22?,25-,26+,27+,28+/m0/s1. The number of rotatable bonds is 1. The third-order valence-corrected chi connectivity index (χ3v) is 11.0. The van der Waals surface area contributed by atoms with Crippen molar-refractivity contribution < 1.29 is 29.0 Å². The molecule has 2 heterocycles. The van der Waals surface area contributed by atoms with Gasteiger partial charge in [0.2, 0.25) is 0 Å². The second-order valence-corrected chi connectivity index (χ2v) is 12.0. The first-order chi connectivity index (χ1) is 16.0. The molecule has 0 amide bonds. The molecule has 6 aliphatic rings. The summed E-state index contributed by atoms with van der Waals surface area (Å²) < 4.78 is 12.0. The highest BCUT2D eigenvalue weighted by atomic mass is 16.6. The van der Waals surface area contributed by atoms with Gasteiger partial charge in [-0.05, 0) is 84.1 Å². The minimum atomic E-state index is -1.23. The van der Waals surface area contributed by atoms with Gasteiger partial charge in [0.25, 0.3) is 0 Å². The fourth-order valence-corrected chi connectivity index (χ4v) is 8.86. The van der Waals surface area contributed by atoms with Crippen LogP contribution in [0.2, 0.25) is 0 Å². The largest absolute Gasteiger partial charge is 0.455 e. The molecule has 1 spiro atoms. The first-order valence-corrected chi connectivity index (χ1v) is 12.7. The van der Waals surface area contributed by atoms with Gasteiger partial charge in [0.1, 0.15) is 11.5 Å². The van der Waals surface area contributed by atoms with Gasteiger partial charge in [-0.2, -0.15) is 0 Å². The molecule has 34 heavy (non-hydrogen) atoms. The summed E-state index contributed by atoms with van der Waals surface area (Å²) in [6.45, 7) is 7.62. The van der Waals surface area contributed by atoms with Crippen LogP contribution >= 0.6 is 0 Å². The molecule has 0 aromatic carbocycles. The highest BCUT2D eigenvalue weighted by Crippen LogP contribution is 2.72. The maximum atomic E-state index is 13.8. The maximum Gasteiger partial charge on any atom is 0.334 e. The molecule has 2 aliphatic heterocycles. The summed E-state index contributed by atoms with van der Waals surface area (Å²) in [5.41, 5.74) is -1.12. The molecular weight excluding hydrogens is 432 g/mol. The normalized spacial score (nSPS) is 49.6. The lowest BCUT2D eigenvalue weighted by Crippen LogP contribution is -2.64. The third-order valence-electron chi connectivity index (χ3n) is 11.0. The van der Waals surface area contributed by atoms with Gasteiger partial charge in [-0.25, -0.2) is 4.79 Å². The molecule has 6 heteroatoms. The summed E-state index contributed by atoms with van der Waals surface area (Å²) in [6.07, 6.45) is 9.53. The van der Waals surface area contributed by atoms with E-state index in [-0.39, 0.29) is 35.5 Å². The molecular formula is C28H34O6. The Labute approximate surface area is 200 Å². The van der Waals surface area contributed by atoms with Gasteiger partial charge in [-0.15, -0.1) is 0 Å². The number of hydrogen-bond acceptors (Lipinski definition) is 6. The van der Waals surface area contributed by atoms with Gasteiger partial charge in [0.15, 0.2) is 11.4 Å². The number of cyclic esters (lactones) is 2. The summed E-state index contributed by atoms with van der Waals surface area (Å²) in [5.74, 6) is -1.01. The Kier molecular flexibility index (Phi) is 4.40. The van der Waals surface area contributed by atoms with Crippen molar-refractivity contribution in [2.75, 3.05) is 0 Å². The van der Waals surface area contributed by atoms with Crippen LogP contribution in [0, 0.1) is 28.6 Å². The minimum Gasteiger partial charge on any atom is -0.455 e. The highest BCUT2D eigenvalue weighted by molar-refractivity contribution is 5.99. The van der Waals surface area contributed by atoms with Crippen molar-refractivity contribution in [3.63, 3.8) is 0 Å². The Hall–Kier alpha value is -2.21. The lowest BCUT2D eigenvalue weighted by atomic mass is 9.45. The number of carbonyl (C=O) groups excluding carboxylic acids is 3. The van der Waals surface area contributed by atoms with E-state index in [1.165, 1.54) is 0 Å². The predicted molar refractivity (Wildman–Crippen MR) is 123 cm³/mol. The minimum absolute atomic E-state index is 0.000633. The van der Waals surface area contributed by atoms with Crippen LogP contribution < -0.4 is 0 Å². The summed E-state index contributed by atoms with van der Waals surface area (Å²) in [5, 5.41) is 12.4. The molecule has 1 unspecified atom stereocenters. The summed E-state index contributed by atoms with van der Waals surface area (Å²) in [7, 11) is 0. The summed E-state index contributed by atoms with van der Waals surface area (Å²) in [4.78, 5) is 39.4. The van der Waals surface area contributed by atoms with Crippen molar-refractivity contribution >= 4 is 17.7 Å². The Bertz CT molecular complexity index is 1110. The second-order valence-electron chi connectivity index (χ2n) is 12.0. The quantitative estimate of drug-likeness (QED) is 0.465. The van der Waals surface area contributed by atoms with E-state index >= 15 is 0 Å². The number of aliphatic hydroxyl groups is 1. The van der Waals surface area contributed by atoms with Gasteiger partial charge in [0, 0.05) is 17.9 Å². The number of esters is 2. The van der Waals surface area contributed by atoms with Gasteiger partial charge < -0.3 is 14.6 Å². The van der Waals surface area contributed by atoms with Gasteiger partial charge in [0.05, 0.1) is 11.0 Å². The lowest BCUT2D eigenvalue weighted by molar-refractivity contribution is -0.193. The fourth-order valence-electron chi connectivity index (χ4n) is 8.86. The SMILES string of the molecule is CC1=C(C)C(=O)OC([C@]2(C)OC(=O)[C@]34CC[C@H]5[C@@H](CC=C6CC=CC(=O)[C@@]65C)[C@]3(O)CC[C@H]24)C1. The van der Waals surface area contributed by atoms with Crippen LogP contribution in [-0.2, 0) is 23.9 Å². The number of allylic oxidation sites excluding steroid dienone is 4. The molecule has 6 rings (SSSR count). The molecule has 6 nitrogen and oxygen atoms in total. The molecule has 0 bridgehead atoms. The zero-order valence-corrected chi connectivity index (χ0v) is 20.5. The highest BCUT2D eigenvalue weighted by Gasteiger charge is 2.79. The number of fused-ring (bicyclic) bond motifs is 4. The molecule has 1 saturated heterocycles. The van der Waals surface area contributed by atoms with Gasteiger partial charge in [-0.1, -0.05) is 23.3 Å². The maximum absolute atomic E-state index is 13.8. The van der Waals surface area contributed by atoms with E-state index in [1.807, 2.05) is 26.8 Å². The van der Waals surface area contributed by atoms with Crippen LogP contribution in [0.15, 0.2) is 34.9 Å². The van der Waals surface area contributed by atoms with Crippen molar-refractivity contribution in [2.45, 2.75) is 89.9 Å². The average Bonchev–Trinajstić information content (AvgIpc) is 3.23. The Morgan fingerprint density at radius 1 is 1.06 bits per heavy atom. The Morgan fingerprint density at radius 2 is 1.82 bits per heavy atom. The molecule has 1 N–H and O–H groups in total. The van der Waals surface area contributed by atoms with Gasteiger partial charge >= 0.3 is 11.9 Å². The van der Waals surface area contributed by atoms with Crippen LogP contribution in [0.3, 0.4) is 0 Å². The molecule has 0 aromatic heterocycles. The Balaban J connectivity index is 1.40. The topological polar surface area (TPSA) is 89.9 Å². The van der Waals surface area contributed by atoms with Crippen LogP contribution in [0.4, 0.5) is 0 Å². The van der Waals surface area contributed by atoms with Crippen molar-refractivity contribution in [2.24, 2.45) is 28.6 Å². The molecule has 3 fully saturated rings. The smallest absolute Gasteiger partial charge is 0.334 e. The van der Waals surface area contributed by atoms with Crippen LogP contribution in [0.5, 0.6) is 0 Å². The average molecular weight is 467 g/mol. The Morgan fingerprint density at radius 3 is 2.56 bits per heavy atom. The van der Waals surface area contributed by atoms with Crippen molar-refractivity contribution in [1.29, 1.82) is 0 Å². The first kappa shape index (κ1) is 22.3. The molecule has 182 valence electrons. The second kappa shape index (κ2) is 6.71. The van der Waals surface area contributed by atoms with E-state index in [0.717, 1.165) is 17.6 Å². The van der Waals surface area contributed by atoms with Crippen LogP contribution in [0.25, 0.3) is 0 Å². The van der Waals surface area contributed by atoms with E-state index < -0.39 is 28.1 Å². The lowest BCUT2D eigenvalue weighted by Gasteiger charge is -2.58. The monoisotopic (exact) mass is 466 g/mol. The van der Waals surface area contributed by atoms with Crippen molar-refractivity contribution in [3.05, 3.63) is 34.9 Å². The van der Waals surface area contributed by atoms with E-state index in [4.69, 9.17) is 9.47 Å². The van der Waals surface area contributed by atoms with Crippen LogP contribution in [0.1, 0.15) is 72.6 Å². The summed E-state index contributed by atoms with van der Waals surface area (Å²) in [6, 6.07) is 0.